The molecule has 6 nitrogen and oxygen atoms in total. The second-order valence-corrected chi connectivity index (χ2v) is 5.66. The second-order valence-electron chi connectivity index (χ2n) is 4.67. The third-order valence-electron chi connectivity index (χ3n) is 3.27. The minimum Gasteiger partial charge on any atom is -0.480 e. The van der Waals surface area contributed by atoms with Crippen LogP contribution >= 0.6 is 15.9 Å². The van der Waals surface area contributed by atoms with E-state index in [1.165, 1.54) is 0 Å². The highest BCUT2D eigenvalue weighted by atomic mass is 79.9. The third-order valence-corrected chi connectivity index (χ3v) is 4.34. The van der Waals surface area contributed by atoms with Gasteiger partial charge >= 0.3 is 17.9 Å². The summed E-state index contributed by atoms with van der Waals surface area (Å²) in [5.74, 6) is -3.97. The maximum atomic E-state index is 12.0. The van der Waals surface area contributed by atoms with E-state index in [1.54, 1.807) is 26.0 Å². The molecule has 21 heavy (non-hydrogen) atoms. The molecule has 1 aliphatic carbocycles. The van der Waals surface area contributed by atoms with Crippen molar-refractivity contribution in [1.29, 1.82) is 0 Å². The quantitative estimate of drug-likeness (QED) is 0.321. The molecule has 118 valence electrons. The molecule has 7 heteroatoms. The highest BCUT2D eigenvalue weighted by Crippen LogP contribution is 2.35. The fraction of sp³-hybridized carbons (Fsp3) is 0.643. The molecule has 0 amide bonds. The maximum absolute atomic E-state index is 12.0. The van der Waals surface area contributed by atoms with E-state index in [0.29, 0.717) is 6.42 Å². The van der Waals surface area contributed by atoms with Crippen LogP contribution in [0.3, 0.4) is 0 Å². The van der Waals surface area contributed by atoms with Gasteiger partial charge in [0, 0.05) is 11.8 Å². The van der Waals surface area contributed by atoms with E-state index in [4.69, 9.17) is 14.6 Å². The number of ether oxygens (including phenoxy) is 2. The molecule has 1 aliphatic rings. The molecule has 1 rings (SSSR count). The van der Waals surface area contributed by atoms with Crippen LogP contribution in [-0.2, 0) is 23.9 Å². The third kappa shape index (κ3) is 4.56. The van der Waals surface area contributed by atoms with Crippen LogP contribution in [0.15, 0.2) is 12.2 Å². The van der Waals surface area contributed by atoms with Gasteiger partial charge < -0.3 is 14.6 Å². The van der Waals surface area contributed by atoms with E-state index in [1.807, 2.05) is 0 Å². The van der Waals surface area contributed by atoms with E-state index in [-0.39, 0.29) is 19.1 Å². The van der Waals surface area contributed by atoms with E-state index >= 15 is 0 Å². The number of allylic oxidation sites excluding steroid dienone is 2. The van der Waals surface area contributed by atoms with Crippen LogP contribution in [0.1, 0.15) is 20.3 Å². The van der Waals surface area contributed by atoms with Gasteiger partial charge in [-0.3, -0.25) is 14.4 Å². The summed E-state index contributed by atoms with van der Waals surface area (Å²) in [6.45, 7) is 3.66. The van der Waals surface area contributed by atoms with Gasteiger partial charge in [-0.25, -0.2) is 0 Å². The smallest absolute Gasteiger partial charge is 0.320 e. The van der Waals surface area contributed by atoms with E-state index < -0.39 is 34.6 Å². The normalized spacial score (nSPS) is 22.1. The van der Waals surface area contributed by atoms with Gasteiger partial charge in [-0.15, -0.1) is 0 Å². The Hall–Kier alpha value is -1.37. The summed E-state index contributed by atoms with van der Waals surface area (Å²) in [5.41, 5.74) is 0. The molecule has 0 radical (unpaired) electrons. The first-order valence-electron chi connectivity index (χ1n) is 6.80. The topological polar surface area (TPSA) is 89.9 Å². The minimum atomic E-state index is -1.04. The van der Waals surface area contributed by atoms with Crippen molar-refractivity contribution >= 4 is 33.8 Å². The van der Waals surface area contributed by atoms with E-state index in [9.17, 15) is 14.4 Å². The number of esters is 2. The van der Waals surface area contributed by atoms with Crippen molar-refractivity contribution in [3.63, 3.8) is 0 Å². The van der Waals surface area contributed by atoms with Crippen molar-refractivity contribution in [2.24, 2.45) is 17.8 Å². The lowest BCUT2D eigenvalue weighted by Crippen LogP contribution is -2.34. The molecule has 0 aromatic carbocycles. The van der Waals surface area contributed by atoms with Crippen LogP contribution in [0, 0.1) is 17.8 Å². The van der Waals surface area contributed by atoms with Gasteiger partial charge in [-0.1, -0.05) is 28.1 Å². The van der Waals surface area contributed by atoms with Crippen LogP contribution in [0.4, 0.5) is 0 Å². The Morgan fingerprint density at radius 1 is 1.14 bits per heavy atom. The summed E-state index contributed by atoms with van der Waals surface area (Å²) in [5, 5.41) is 8.99. The molecule has 0 saturated carbocycles. The fourth-order valence-electron chi connectivity index (χ4n) is 2.31. The zero-order valence-electron chi connectivity index (χ0n) is 12.0. The minimum absolute atomic E-state index is 0.171. The summed E-state index contributed by atoms with van der Waals surface area (Å²) >= 11 is 3.10. The summed E-state index contributed by atoms with van der Waals surface area (Å²) < 4.78 is 9.85. The Labute approximate surface area is 131 Å². The molecule has 0 unspecified atom stereocenters. The predicted octanol–water partition coefficient (Wildman–Crippen LogP) is 1.77. The largest absolute Gasteiger partial charge is 0.480 e. The number of halogens is 1. The average Bonchev–Trinajstić information content (AvgIpc) is 2.87. The summed E-state index contributed by atoms with van der Waals surface area (Å²) in [6.07, 6.45) is 3.79. The van der Waals surface area contributed by atoms with Crippen molar-refractivity contribution in [1.82, 2.24) is 0 Å². The Balaban J connectivity index is 2.82. The Bertz CT molecular complexity index is 415. The molecule has 0 fully saturated rings. The number of alkyl halides is 1. The molecular weight excluding hydrogens is 344 g/mol. The van der Waals surface area contributed by atoms with Crippen molar-refractivity contribution < 1.29 is 29.0 Å². The van der Waals surface area contributed by atoms with Gasteiger partial charge in [-0.05, 0) is 20.3 Å². The van der Waals surface area contributed by atoms with Gasteiger partial charge in [0.15, 0.2) is 5.92 Å². The maximum Gasteiger partial charge on any atom is 0.320 e. The summed E-state index contributed by atoms with van der Waals surface area (Å²) in [7, 11) is 0. The highest BCUT2D eigenvalue weighted by Gasteiger charge is 2.41. The van der Waals surface area contributed by atoms with Crippen LogP contribution in [-0.4, -0.2) is 41.1 Å². The second kappa shape index (κ2) is 8.17. The SMILES string of the molecule is CCOC(=O)C(C(=O)OCC)[C@H]1C=C[C@@H]([C@H](Br)C(=O)O)C1. The lowest BCUT2D eigenvalue weighted by atomic mass is 9.89. The number of carbonyl (C=O) groups is 3. The molecule has 0 aromatic rings. The first-order valence-corrected chi connectivity index (χ1v) is 7.72. The molecule has 0 aromatic heterocycles. The molecule has 0 aliphatic heterocycles. The van der Waals surface area contributed by atoms with Crippen LogP contribution in [0.25, 0.3) is 0 Å². The number of carboxylic acids is 1. The van der Waals surface area contributed by atoms with E-state index in [2.05, 4.69) is 15.9 Å². The van der Waals surface area contributed by atoms with Gasteiger partial charge in [0.25, 0.3) is 0 Å². The number of hydrogen-bond donors (Lipinski definition) is 1. The molecule has 3 atom stereocenters. The Morgan fingerprint density at radius 3 is 2.05 bits per heavy atom. The molecule has 0 saturated heterocycles. The zero-order chi connectivity index (χ0) is 16.0. The lowest BCUT2D eigenvalue weighted by Gasteiger charge is -2.21. The first kappa shape index (κ1) is 17.7. The number of carboxylic acid groups (broad SMARTS) is 1. The van der Waals surface area contributed by atoms with Crippen LogP contribution in [0.5, 0.6) is 0 Å². The monoisotopic (exact) mass is 362 g/mol. The highest BCUT2D eigenvalue weighted by molar-refractivity contribution is 9.10. The van der Waals surface area contributed by atoms with Crippen molar-refractivity contribution in [3.8, 4) is 0 Å². The lowest BCUT2D eigenvalue weighted by molar-refractivity contribution is -0.163. The van der Waals surface area contributed by atoms with E-state index in [0.717, 1.165) is 0 Å². The molecule has 1 N–H and O–H groups in total. The number of rotatable bonds is 7. The molecule has 0 heterocycles. The Morgan fingerprint density at radius 2 is 1.62 bits per heavy atom. The fourth-order valence-corrected chi connectivity index (χ4v) is 2.71. The van der Waals surface area contributed by atoms with Gasteiger partial charge in [0.2, 0.25) is 0 Å². The number of carbonyl (C=O) groups excluding carboxylic acids is 2. The Kier molecular flexibility index (Phi) is 6.87. The number of aliphatic carboxylic acids is 1. The van der Waals surface area contributed by atoms with Crippen molar-refractivity contribution in [3.05, 3.63) is 12.2 Å². The number of hydrogen-bond acceptors (Lipinski definition) is 5. The van der Waals surface area contributed by atoms with Gasteiger partial charge in [0.1, 0.15) is 4.83 Å². The molecule has 0 bridgehead atoms. The van der Waals surface area contributed by atoms with Gasteiger partial charge in [-0.2, -0.15) is 0 Å². The standard InChI is InChI=1S/C14H19BrO6/c1-3-20-13(18)10(14(19)21-4-2)8-5-6-9(7-8)11(15)12(16)17/h5-6,8-11H,3-4,7H2,1-2H3,(H,16,17)/t8-,9+,11-/m0/s1. The molecule has 0 spiro atoms. The predicted molar refractivity (Wildman–Crippen MR) is 77.8 cm³/mol. The first-order chi connectivity index (χ1) is 9.92. The zero-order valence-corrected chi connectivity index (χ0v) is 13.5. The summed E-state index contributed by atoms with van der Waals surface area (Å²) in [4.78, 5) is 34.2. The van der Waals surface area contributed by atoms with Crippen molar-refractivity contribution in [2.45, 2.75) is 25.1 Å². The van der Waals surface area contributed by atoms with Crippen LogP contribution in [0.2, 0.25) is 0 Å². The van der Waals surface area contributed by atoms with Gasteiger partial charge in [0.05, 0.1) is 13.2 Å². The molecular formula is C14H19BrO6. The average molecular weight is 363 g/mol. The van der Waals surface area contributed by atoms with Crippen molar-refractivity contribution in [2.75, 3.05) is 13.2 Å². The van der Waals surface area contributed by atoms with Crippen LogP contribution < -0.4 is 0 Å². The summed E-state index contributed by atoms with van der Waals surface area (Å²) in [6, 6.07) is 0.